The SMILES string of the molecule is Cc1ccc([C@@H](NC(=O)C(C)(C)C)c2cccnc2)cc1. The molecule has 0 unspecified atom stereocenters. The van der Waals surface area contributed by atoms with E-state index in [9.17, 15) is 4.79 Å². The fourth-order valence-electron chi connectivity index (χ4n) is 2.01. The predicted octanol–water partition coefficient (Wildman–Crippen LogP) is 3.64. The number of carbonyl (C=O) groups is 1. The van der Waals surface area contributed by atoms with Crippen LogP contribution in [0, 0.1) is 12.3 Å². The number of nitrogens with one attached hydrogen (secondary N) is 1. The van der Waals surface area contributed by atoms with Crippen molar-refractivity contribution in [3.8, 4) is 0 Å². The van der Waals surface area contributed by atoms with Crippen molar-refractivity contribution in [3.63, 3.8) is 0 Å². The molecule has 1 aromatic carbocycles. The third-order valence-corrected chi connectivity index (χ3v) is 3.39. The van der Waals surface area contributed by atoms with Crippen molar-refractivity contribution < 1.29 is 4.79 Å². The van der Waals surface area contributed by atoms with Crippen LogP contribution >= 0.6 is 0 Å². The lowest BCUT2D eigenvalue weighted by molar-refractivity contribution is -0.129. The first-order valence-corrected chi connectivity index (χ1v) is 7.15. The molecule has 0 saturated heterocycles. The van der Waals surface area contributed by atoms with Crippen molar-refractivity contribution in [2.75, 3.05) is 0 Å². The number of hydrogen-bond donors (Lipinski definition) is 1. The largest absolute Gasteiger partial charge is 0.345 e. The molecule has 1 heterocycles. The lowest BCUT2D eigenvalue weighted by Gasteiger charge is -2.25. The van der Waals surface area contributed by atoms with E-state index in [4.69, 9.17) is 0 Å². The molecule has 2 aromatic rings. The molecular weight excluding hydrogens is 260 g/mol. The minimum atomic E-state index is -0.425. The molecule has 0 aliphatic rings. The number of nitrogens with zero attached hydrogens (tertiary/aromatic N) is 1. The Labute approximate surface area is 126 Å². The summed E-state index contributed by atoms with van der Waals surface area (Å²) in [6.45, 7) is 7.80. The van der Waals surface area contributed by atoms with Gasteiger partial charge in [0.25, 0.3) is 0 Å². The topological polar surface area (TPSA) is 42.0 Å². The molecule has 21 heavy (non-hydrogen) atoms. The highest BCUT2D eigenvalue weighted by Gasteiger charge is 2.25. The highest BCUT2D eigenvalue weighted by molar-refractivity contribution is 5.82. The smallest absolute Gasteiger partial charge is 0.226 e. The van der Waals surface area contributed by atoms with E-state index >= 15 is 0 Å². The molecule has 1 N–H and O–H groups in total. The Balaban J connectivity index is 2.36. The van der Waals surface area contributed by atoms with Crippen molar-refractivity contribution in [2.45, 2.75) is 33.7 Å². The van der Waals surface area contributed by atoms with Crippen LogP contribution in [0.4, 0.5) is 0 Å². The molecule has 0 spiro atoms. The number of aromatic nitrogens is 1. The van der Waals surface area contributed by atoms with Crippen LogP contribution in [0.3, 0.4) is 0 Å². The summed E-state index contributed by atoms with van der Waals surface area (Å²) in [4.78, 5) is 16.5. The number of amides is 1. The van der Waals surface area contributed by atoms with Crippen LogP contribution in [-0.2, 0) is 4.79 Å². The van der Waals surface area contributed by atoms with E-state index in [0.29, 0.717) is 0 Å². The Morgan fingerprint density at radius 1 is 1.10 bits per heavy atom. The Bertz CT molecular complexity index is 597. The second-order valence-electron chi connectivity index (χ2n) is 6.35. The van der Waals surface area contributed by atoms with Crippen molar-refractivity contribution in [1.82, 2.24) is 10.3 Å². The number of hydrogen-bond acceptors (Lipinski definition) is 2. The van der Waals surface area contributed by atoms with Crippen LogP contribution in [0.15, 0.2) is 48.8 Å². The van der Waals surface area contributed by atoms with Gasteiger partial charge in [-0.15, -0.1) is 0 Å². The van der Waals surface area contributed by atoms with Gasteiger partial charge in [-0.2, -0.15) is 0 Å². The molecule has 0 fully saturated rings. The zero-order valence-corrected chi connectivity index (χ0v) is 13.1. The second-order valence-corrected chi connectivity index (χ2v) is 6.35. The van der Waals surface area contributed by atoms with Crippen LogP contribution in [0.1, 0.15) is 43.5 Å². The van der Waals surface area contributed by atoms with Crippen molar-refractivity contribution in [1.29, 1.82) is 0 Å². The standard InChI is InChI=1S/C18H22N2O/c1-13-7-9-14(10-8-13)16(15-6-5-11-19-12-15)20-17(21)18(2,3)4/h5-12,16H,1-4H3,(H,20,21)/t16-/m1/s1. The zero-order valence-electron chi connectivity index (χ0n) is 13.1. The Kier molecular flexibility index (Phi) is 4.41. The molecule has 0 aliphatic carbocycles. The summed E-state index contributed by atoms with van der Waals surface area (Å²) in [5.74, 6) is 0.0249. The third-order valence-electron chi connectivity index (χ3n) is 3.39. The molecule has 0 radical (unpaired) electrons. The maximum Gasteiger partial charge on any atom is 0.226 e. The molecular formula is C18H22N2O. The van der Waals surface area contributed by atoms with Crippen LogP contribution in [0.5, 0.6) is 0 Å². The normalized spacial score (nSPS) is 12.8. The first-order chi connectivity index (χ1) is 9.88. The van der Waals surface area contributed by atoms with E-state index in [0.717, 1.165) is 11.1 Å². The number of benzene rings is 1. The number of carbonyl (C=O) groups excluding carboxylic acids is 1. The molecule has 0 saturated carbocycles. The minimum Gasteiger partial charge on any atom is -0.345 e. The minimum absolute atomic E-state index is 0.0249. The van der Waals surface area contributed by atoms with Gasteiger partial charge >= 0.3 is 0 Å². The predicted molar refractivity (Wildman–Crippen MR) is 84.9 cm³/mol. The second kappa shape index (κ2) is 6.08. The van der Waals surface area contributed by atoms with Crippen LogP contribution in [-0.4, -0.2) is 10.9 Å². The van der Waals surface area contributed by atoms with Crippen molar-refractivity contribution >= 4 is 5.91 Å². The van der Waals surface area contributed by atoms with Crippen LogP contribution in [0.2, 0.25) is 0 Å². The van der Waals surface area contributed by atoms with E-state index in [1.54, 1.807) is 12.4 Å². The molecule has 2 rings (SSSR count). The van der Waals surface area contributed by atoms with Gasteiger partial charge in [0.2, 0.25) is 5.91 Å². The van der Waals surface area contributed by atoms with Crippen molar-refractivity contribution in [3.05, 3.63) is 65.5 Å². The van der Waals surface area contributed by atoms with E-state index in [2.05, 4.69) is 41.5 Å². The Hall–Kier alpha value is -2.16. The molecule has 0 bridgehead atoms. The van der Waals surface area contributed by atoms with Gasteiger partial charge in [-0.25, -0.2) is 0 Å². The maximum absolute atomic E-state index is 12.4. The quantitative estimate of drug-likeness (QED) is 0.933. The van der Waals surface area contributed by atoms with Gasteiger partial charge < -0.3 is 5.32 Å². The summed E-state index contributed by atoms with van der Waals surface area (Å²) < 4.78 is 0. The van der Waals surface area contributed by atoms with Gasteiger partial charge in [0, 0.05) is 17.8 Å². The molecule has 110 valence electrons. The maximum atomic E-state index is 12.4. The summed E-state index contributed by atoms with van der Waals surface area (Å²) in [5.41, 5.74) is 2.82. The zero-order chi connectivity index (χ0) is 15.5. The number of aryl methyl sites for hydroxylation is 1. The molecule has 1 amide bonds. The van der Waals surface area contributed by atoms with Crippen LogP contribution in [0.25, 0.3) is 0 Å². The first kappa shape index (κ1) is 15.2. The van der Waals surface area contributed by atoms with Crippen LogP contribution < -0.4 is 5.32 Å². The molecule has 0 aliphatic heterocycles. The van der Waals surface area contributed by atoms with Gasteiger partial charge in [0.15, 0.2) is 0 Å². The lowest BCUT2D eigenvalue weighted by Crippen LogP contribution is -2.37. The first-order valence-electron chi connectivity index (χ1n) is 7.15. The van der Waals surface area contributed by atoms with Gasteiger partial charge in [-0.1, -0.05) is 56.7 Å². The number of pyridine rings is 1. The molecule has 3 nitrogen and oxygen atoms in total. The van der Waals surface area contributed by atoms with Crippen molar-refractivity contribution in [2.24, 2.45) is 5.41 Å². The fourth-order valence-corrected chi connectivity index (χ4v) is 2.01. The summed E-state index contributed by atoms with van der Waals surface area (Å²) in [5, 5.41) is 3.13. The van der Waals surface area contributed by atoms with E-state index in [-0.39, 0.29) is 11.9 Å². The van der Waals surface area contributed by atoms with Gasteiger partial charge in [0.05, 0.1) is 6.04 Å². The van der Waals surface area contributed by atoms with Gasteiger partial charge in [-0.3, -0.25) is 9.78 Å². The van der Waals surface area contributed by atoms with E-state index in [1.165, 1.54) is 5.56 Å². The average molecular weight is 282 g/mol. The monoisotopic (exact) mass is 282 g/mol. The highest BCUT2D eigenvalue weighted by Crippen LogP contribution is 2.24. The molecule has 3 heteroatoms. The average Bonchev–Trinajstić information content (AvgIpc) is 2.45. The Morgan fingerprint density at radius 2 is 1.76 bits per heavy atom. The van der Waals surface area contributed by atoms with E-state index in [1.807, 2.05) is 32.9 Å². The lowest BCUT2D eigenvalue weighted by atomic mass is 9.93. The highest BCUT2D eigenvalue weighted by atomic mass is 16.2. The third kappa shape index (κ3) is 3.91. The summed E-state index contributed by atoms with van der Waals surface area (Å²) in [6.07, 6.45) is 3.54. The summed E-state index contributed by atoms with van der Waals surface area (Å²) >= 11 is 0. The van der Waals surface area contributed by atoms with Gasteiger partial charge in [-0.05, 0) is 24.1 Å². The number of rotatable bonds is 3. The molecule has 1 atom stereocenters. The molecule has 1 aromatic heterocycles. The van der Waals surface area contributed by atoms with Gasteiger partial charge in [0.1, 0.15) is 0 Å². The fraction of sp³-hybridized carbons (Fsp3) is 0.333. The Morgan fingerprint density at radius 3 is 2.29 bits per heavy atom. The summed E-state index contributed by atoms with van der Waals surface area (Å²) in [6, 6.07) is 11.9. The van der Waals surface area contributed by atoms with E-state index < -0.39 is 5.41 Å². The summed E-state index contributed by atoms with van der Waals surface area (Å²) in [7, 11) is 0.